The van der Waals surface area contributed by atoms with Crippen LogP contribution in [0.3, 0.4) is 0 Å². The van der Waals surface area contributed by atoms with Crippen molar-refractivity contribution in [3.05, 3.63) is 35.2 Å². The highest BCUT2D eigenvalue weighted by Crippen LogP contribution is 2.29. The molecule has 1 amide bonds. The molecule has 1 heterocycles. The molecule has 3 N–H and O–H groups in total. The van der Waals surface area contributed by atoms with Crippen LogP contribution in [0, 0.1) is 17.6 Å². The van der Waals surface area contributed by atoms with Crippen molar-refractivity contribution in [2.45, 2.75) is 19.9 Å². The number of rotatable bonds is 4. The Bertz CT molecular complexity index is 643. The smallest absolute Gasteiger partial charge is 0.243 e. The molecule has 1 aromatic heterocycles. The van der Waals surface area contributed by atoms with E-state index in [9.17, 15) is 13.6 Å². The summed E-state index contributed by atoms with van der Waals surface area (Å²) in [5.74, 6) is -1.79. The Labute approximate surface area is 137 Å². The lowest BCUT2D eigenvalue weighted by Crippen LogP contribution is -2.39. The van der Waals surface area contributed by atoms with E-state index in [2.05, 4.69) is 10.3 Å². The van der Waals surface area contributed by atoms with Crippen LogP contribution in [0.25, 0.3) is 11.3 Å². The number of hydrogen-bond donors (Lipinski definition) is 2. The zero-order chi connectivity index (χ0) is 15.6. The molecule has 1 aromatic carbocycles. The first kappa shape index (κ1) is 18.5. The summed E-state index contributed by atoms with van der Waals surface area (Å²) in [5.41, 5.74) is 5.66. The van der Waals surface area contributed by atoms with E-state index in [1.54, 1.807) is 0 Å². The van der Waals surface area contributed by atoms with Crippen molar-refractivity contribution in [3.8, 4) is 11.3 Å². The molecule has 0 saturated carbocycles. The van der Waals surface area contributed by atoms with Gasteiger partial charge in [0.2, 0.25) is 5.91 Å². The molecule has 0 saturated heterocycles. The number of nitrogens with one attached hydrogen (secondary N) is 1. The second-order valence-corrected chi connectivity index (χ2v) is 5.75. The summed E-state index contributed by atoms with van der Waals surface area (Å²) in [5, 5.41) is 4.29. The largest absolute Gasteiger partial charge is 0.320 e. The topological polar surface area (TPSA) is 68.0 Å². The molecule has 0 aliphatic rings. The monoisotopic (exact) mass is 347 g/mol. The van der Waals surface area contributed by atoms with E-state index in [4.69, 9.17) is 5.73 Å². The summed E-state index contributed by atoms with van der Waals surface area (Å²) < 4.78 is 27.3. The molecule has 8 heteroatoms. The molecule has 0 spiro atoms. The standard InChI is InChI=1S/C14H15F2N3OS.ClH/c1-7(2)12(17)13(20)19-14-18-10(6-21-14)11-8(15)4-3-5-9(11)16;/h3-7,12H,17H2,1-2H3,(H,18,19,20);1H/t12-;/m0./s1. The fourth-order valence-electron chi connectivity index (χ4n) is 1.68. The molecule has 1 atom stereocenters. The van der Waals surface area contributed by atoms with Gasteiger partial charge in [0.05, 0.1) is 17.3 Å². The highest BCUT2D eigenvalue weighted by atomic mass is 35.5. The van der Waals surface area contributed by atoms with Gasteiger partial charge in [-0.1, -0.05) is 19.9 Å². The minimum absolute atomic E-state index is 0. The Morgan fingerprint density at radius 1 is 1.32 bits per heavy atom. The van der Waals surface area contributed by atoms with Crippen LogP contribution in [0.4, 0.5) is 13.9 Å². The van der Waals surface area contributed by atoms with E-state index in [0.29, 0.717) is 0 Å². The lowest BCUT2D eigenvalue weighted by Gasteiger charge is -2.13. The normalized spacial score (nSPS) is 11.9. The summed E-state index contributed by atoms with van der Waals surface area (Å²) in [6, 6.07) is 2.93. The molecule has 4 nitrogen and oxygen atoms in total. The first-order valence-corrected chi connectivity index (χ1v) is 7.24. The van der Waals surface area contributed by atoms with Gasteiger partial charge >= 0.3 is 0 Å². The first-order valence-electron chi connectivity index (χ1n) is 6.36. The predicted octanol–water partition coefficient (Wildman–Crippen LogP) is 3.43. The number of amides is 1. The summed E-state index contributed by atoms with van der Waals surface area (Å²) in [6.07, 6.45) is 0. The summed E-state index contributed by atoms with van der Waals surface area (Å²) in [7, 11) is 0. The lowest BCUT2D eigenvalue weighted by atomic mass is 10.1. The molecule has 2 rings (SSSR count). The zero-order valence-electron chi connectivity index (χ0n) is 12.0. The third-order valence-corrected chi connectivity index (χ3v) is 3.73. The van der Waals surface area contributed by atoms with Crippen molar-refractivity contribution in [1.29, 1.82) is 0 Å². The van der Waals surface area contributed by atoms with Crippen molar-refractivity contribution in [2.24, 2.45) is 11.7 Å². The molecule has 0 unspecified atom stereocenters. The zero-order valence-corrected chi connectivity index (χ0v) is 13.6. The highest BCUT2D eigenvalue weighted by Gasteiger charge is 2.19. The van der Waals surface area contributed by atoms with Gasteiger partial charge in [-0.25, -0.2) is 13.8 Å². The predicted molar refractivity (Wildman–Crippen MR) is 86.2 cm³/mol. The minimum atomic E-state index is -0.697. The average molecular weight is 348 g/mol. The van der Waals surface area contributed by atoms with Gasteiger partial charge in [0.15, 0.2) is 5.13 Å². The molecule has 0 bridgehead atoms. The van der Waals surface area contributed by atoms with E-state index >= 15 is 0 Å². The van der Waals surface area contributed by atoms with E-state index in [1.165, 1.54) is 11.4 Å². The third kappa shape index (κ3) is 4.00. The maximum atomic E-state index is 13.7. The van der Waals surface area contributed by atoms with Crippen molar-refractivity contribution < 1.29 is 13.6 Å². The lowest BCUT2D eigenvalue weighted by molar-refractivity contribution is -0.118. The van der Waals surface area contributed by atoms with Gasteiger partial charge in [0.1, 0.15) is 11.6 Å². The molecular weight excluding hydrogens is 332 g/mol. The van der Waals surface area contributed by atoms with Crippen molar-refractivity contribution in [3.63, 3.8) is 0 Å². The quantitative estimate of drug-likeness (QED) is 0.890. The number of carbonyl (C=O) groups excluding carboxylic acids is 1. The number of thiazole rings is 1. The second kappa shape index (κ2) is 7.62. The van der Waals surface area contributed by atoms with E-state index in [-0.39, 0.29) is 40.6 Å². The third-order valence-electron chi connectivity index (χ3n) is 2.97. The van der Waals surface area contributed by atoms with Crippen molar-refractivity contribution >= 4 is 34.8 Å². The first-order chi connectivity index (χ1) is 9.90. The molecule has 22 heavy (non-hydrogen) atoms. The number of anilines is 1. The van der Waals surface area contributed by atoms with Crippen LogP contribution in [0.15, 0.2) is 23.6 Å². The van der Waals surface area contributed by atoms with Crippen molar-refractivity contribution in [2.75, 3.05) is 5.32 Å². The number of halogens is 3. The molecular formula is C14H16ClF2N3OS. The number of benzene rings is 1. The van der Waals surface area contributed by atoms with Gasteiger partial charge in [0, 0.05) is 5.38 Å². The Kier molecular flexibility index (Phi) is 6.40. The van der Waals surface area contributed by atoms with Crippen LogP contribution in [-0.4, -0.2) is 16.9 Å². The average Bonchev–Trinajstić information content (AvgIpc) is 2.85. The Balaban J connectivity index is 0.00000242. The Hall–Kier alpha value is -1.57. The highest BCUT2D eigenvalue weighted by molar-refractivity contribution is 7.14. The molecule has 0 radical (unpaired) electrons. The fourth-order valence-corrected chi connectivity index (χ4v) is 2.38. The van der Waals surface area contributed by atoms with Crippen LogP contribution in [0.2, 0.25) is 0 Å². The Morgan fingerprint density at radius 3 is 2.45 bits per heavy atom. The Morgan fingerprint density at radius 2 is 1.91 bits per heavy atom. The van der Waals surface area contributed by atoms with Gasteiger partial charge < -0.3 is 11.1 Å². The van der Waals surface area contributed by atoms with Crippen LogP contribution in [0.5, 0.6) is 0 Å². The maximum absolute atomic E-state index is 13.7. The van der Waals surface area contributed by atoms with E-state index < -0.39 is 17.7 Å². The van der Waals surface area contributed by atoms with Gasteiger partial charge in [-0.05, 0) is 18.1 Å². The molecule has 0 aliphatic carbocycles. The van der Waals surface area contributed by atoms with Crippen LogP contribution < -0.4 is 11.1 Å². The molecule has 0 aliphatic heterocycles. The summed E-state index contributed by atoms with van der Waals surface area (Å²) >= 11 is 1.09. The number of nitrogens with zero attached hydrogens (tertiary/aromatic N) is 1. The maximum Gasteiger partial charge on any atom is 0.243 e. The van der Waals surface area contributed by atoms with Gasteiger partial charge in [-0.2, -0.15) is 0 Å². The van der Waals surface area contributed by atoms with Gasteiger partial charge in [-0.3, -0.25) is 4.79 Å². The van der Waals surface area contributed by atoms with Gasteiger partial charge in [-0.15, -0.1) is 23.7 Å². The van der Waals surface area contributed by atoms with Crippen LogP contribution >= 0.6 is 23.7 Å². The second-order valence-electron chi connectivity index (χ2n) is 4.89. The molecule has 2 aromatic rings. The van der Waals surface area contributed by atoms with Crippen LogP contribution in [-0.2, 0) is 4.79 Å². The van der Waals surface area contributed by atoms with E-state index in [0.717, 1.165) is 23.5 Å². The SMILES string of the molecule is CC(C)[C@H](N)C(=O)Nc1nc(-c2c(F)cccc2F)cs1.Cl. The number of nitrogens with two attached hydrogens (primary N) is 1. The summed E-state index contributed by atoms with van der Waals surface area (Å²) in [4.78, 5) is 15.9. The molecule has 0 fully saturated rings. The van der Waals surface area contributed by atoms with Crippen molar-refractivity contribution in [1.82, 2.24) is 4.98 Å². The van der Waals surface area contributed by atoms with E-state index in [1.807, 2.05) is 13.8 Å². The minimum Gasteiger partial charge on any atom is -0.320 e. The molecule has 120 valence electrons. The van der Waals surface area contributed by atoms with Gasteiger partial charge in [0.25, 0.3) is 0 Å². The number of aromatic nitrogens is 1. The number of hydrogen-bond acceptors (Lipinski definition) is 4. The number of carbonyl (C=O) groups is 1. The summed E-state index contributed by atoms with van der Waals surface area (Å²) in [6.45, 7) is 3.65. The van der Waals surface area contributed by atoms with Crippen LogP contribution in [0.1, 0.15) is 13.8 Å². The fraction of sp³-hybridized carbons (Fsp3) is 0.286.